The molecule has 0 unspecified atom stereocenters. The maximum atomic E-state index is 11.1. The lowest BCUT2D eigenvalue weighted by atomic mass is 10.2. The molecule has 0 radical (unpaired) electrons. The van der Waals surface area contributed by atoms with Crippen LogP contribution in [0.2, 0.25) is 0 Å². The van der Waals surface area contributed by atoms with Gasteiger partial charge in [-0.1, -0.05) is 12.1 Å². The smallest absolute Gasteiger partial charge is 0.245 e. The Morgan fingerprint density at radius 3 is 2.73 bits per heavy atom. The molecule has 2 aromatic rings. The second-order valence-corrected chi connectivity index (χ2v) is 6.26. The van der Waals surface area contributed by atoms with Gasteiger partial charge in [-0.3, -0.25) is 0 Å². The van der Waals surface area contributed by atoms with Crippen LogP contribution in [0.4, 0.5) is 0 Å². The van der Waals surface area contributed by atoms with Crippen molar-refractivity contribution in [3.05, 3.63) is 35.8 Å². The van der Waals surface area contributed by atoms with Crippen molar-refractivity contribution in [2.75, 3.05) is 0 Å². The molecule has 0 fully saturated rings. The van der Waals surface area contributed by atoms with Gasteiger partial charge in [0.1, 0.15) is 5.01 Å². The summed E-state index contributed by atoms with van der Waals surface area (Å²) < 4.78 is 22.2. The van der Waals surface area contributed by atoms with E-state index in [2.05, 4.69) is 4.98 Å². The second kappa shape index (κ2) is 3.92. The summed E-state index contributed by atoms with van der Waals surface area (Å²) in [6.45, 7) is 0. The third-order valence-corrected chi connectivity index (χ3v) is 3.97. The van der Waals surface area contributed by atoms with Gasteiger partial charge in [0.2, 0.25) is 0 Å². The quantitative estimate of drug-likeness (QED) is 0.779. The predicted octanol–water partition coefficient (Wildman–Crippen LogP) is 2.74. The van der Waals surface area contributed by atoms with Crippen LogP contribution in [0.25, 0.3) is 10.6 Å². The number of hydrogen-bond donors (Lipinski definition) is 0. The number of nitrogens with zero attached hydrogens (tertiary/aromatic N) is 1. The molecule has 0 saturated heterocycles. The van der Waals surface area contributed by atoms with Crippen molar-refractivity contribution in [2.45, 2.75) is 4.90 Å². The number of thiazole rings is 1. The molecule has 3 nitrogen and oxygen atoms in total. The SMILES string of the molecule is O=S(=O)(Cl)c1cccc(-c2nccs2)c1. The fourth-order valence-corrected chi connectivity index (χ4v) is 2.58. The zero-order valence-electron chi connectivity index (χ0n) is 7.42. The lowest BCUT2D eigenvalue weighted by molar-refractivity contribution is 0.609. The Morgan fingerprint density at radius 2 is 2.13 bits per heavy atom. The van der Waals surface area contributed by atoms with Crippen LogP contribution in [-0.4, -0.2) is 13.4 Å². The zero-order chi connectivity index (χ0) is 10.9. The van der Waals surface area contributed by atoms with Crippen molar-refractivity contribution >= 4 is 31.1 Å². The van der Waals surface area contributed by atoms with E-state index in [-0.39, 0.29) is 4.90 Å². The van der Waals surface area contributed by atoms with Crippen molar-refractivity contribution < 1.29 is 8.42 Å². The predicted molar refractivity (Wildman–Crippen MR) is 60.6 cm³/mol. The van der Waals surface area contributed by atoms with E-state index in [1.807, 2.05) is 5.38 Å². The van der Waals surface area contributed by atoms with E-state index in [0.717, 1.165) is 10.6 Å². The number of benzene rings is 1. The highest BCUT2D eigenvalue weighted by molar-refractivity contribution is 8.13. The molecule has 1 aromatic heterocycles. The van der Waals surface area contributed by atoms with Crippen molar-refractivity contribution in [1.29, 1.82) is 0 Å². The molecule has 0 bridgehead atoms. The van der Waals surface area contributed by atoms with Crippen molar-refractivity contribution in [3.8, 4) is 10.6 Å². The number of hydrogen-bond acceptors (Lipinski definition) is 4. The van der Waals surface area contributed by atoms with Crippen LogP contribution in [-0.2, 0) is 9.05 Å². The average molecular weight is 260 g/mol. The Bertz CT molecular complexity index is 564. The monoisotopic (exact) mass is 259 g/mol. The molecule has 0 saturated carbocycles. The number of aromatic nitrogens is 1. The van der Waals surface area contributed by atoms with E-state index in [0.29, 0.717) is 0 Å². The molecule has 0 aliphatic rings. The van der Waals surface area contributed by atoms with E-state index in [4.69, 9.17) is 10.7 Å². The minimum absolute atomic E-state index is 0.0943. The Kier molecular flexibility index (Phi) is 2.77. The molecule has 0 spiro atoms. The molecule has 0 atom stereocenters. The third-order valence-electron chi connectivity index (χ3n) is 1.79. The van der Waals surface area contributed by atoms with Gasteiger partial charge in [0.15, 0.2) is 0 Å². The van der Waals surface area contributed by atoms with Gasteiger partial charge in [0.25, 0.3) is 9.05 Å². The fourth-order valence-electron chi connectivity index (χ4n) is 1.15. The van der Waals surface area contributed by atoms with E-state index < -0.39 is 9.05 Å². The van der Waals surface area contributed by atoms with Crippen LogP contribution in [0.3, 0.4) is 0 Å². The summed E-state index contributed by atoms with van der Waals surface area (Å²) in [6, 6.07) is 6.41. The Morgan fingerprint density at radius 1 is 1.33 bits per heavy atom. The van der Waals surface area contributed by atoms with Crippen LogP contribution < -0.4 is 0 Å². The van der Waals surface area contributed by atoms with Crippen LogP contribution >= 0.6 is 22.0 Å². The first-order chi connectivity index (χ1) is 7.07. The summed E-state index contributed by atoms with van der Waals surface area (Å²) in [4.78, 5) is 4.18. The lowest BCUT2D eigenvalue weighted by Gasteiger charge is -1.99. The van der Waals surface area contributed by atoms with Gasteiger partial charge in [-0.15, -0.1) is 11.3 Å². The van der Waals surface area contributed by atoms with Gasteiger partial charge in [-0.2, -0.15) is 0 Å². The van der Waals surface area contributed by atoms with E-state index in [9.17, 15) is 8.42 Å². The number of rotatable bonds is 2. The standard InChI is InChI=1S/C9H6ClNO2S2/c10-15(12,13)8-3-1-2-7(6-8)9-11-4-5-14-9/h1-6H. The van der Waals surface area contributed by atoms with Crippen LogP contribution in [0.5, 0.6) is 0 Å². The van der Waals surface area contributed by atoms with Gasteiger partial charge in [0.05, 0.1) is 4.90 Å². The third kappa shape index (κ3) is 2.37. The first kappa shape index (κ1) is 10.6. The molecule has 0 N–H and O–H groups in total. The van der Waals surface area contributed by atoms with Crippen LogP contribution in [0.1, 0.15) is 0 Å². The summed E-state index contributed by atoms with van der Waals surface area (Å²) in [5.74, 6) is 0. The van der Waals surface area contributed by atoms with Crippen molar-refractivity contribution in [2.24, 2.45) is 0 Å². The summed E-state index contributed by atoms with van der Waals surface area (Å²) in [7, 11) is 1.58. The minimum atomic E-state index is -3.67. The maximum Gasteiger partial charge on any atom is 0.261 e. The molecule has 2 rings (SSSR count). The second-order valence-electron chi connectivity index (χ2n) is 2.80. The average Bonchev–Trinajstić information content (AvgIpc) is 2.69. The Hall–Kier alpha value is -0.910. The van der Waals surface area contributed by atoms with Gasteiger partial charge in [-0.25, -0.2) is 13.4 Å². The minimum Gasteiger partial charge on any atom is -0.245 e. The Labute approximate surface area is 95.8 Å². The van der Waals surface area contributed by atoms with Gasteiger partial charge in [0, 0.05) is 27.8 Å². The van der Waals surface area contributed by atoms with E-state index >= 15 is 0 Å². The van der Waals surface area contributed by atoms with Crippen LogP contribution in [0, 0.1) is 0 Å². The summed E-state index contributed by atoms with van der Waals surface area (Å²) in [5.41, 5.74) is 0.756. The van der Waals surface area contributed by atoms with Crippen molar-refractivity contribution in [1.82, 2.24) is 4.98 Å². The highest BCUT2D eigenvalue weighted by Gasteiger charge is 2.11. The molecule has 0 aliphatic carbocycles. The largest absolute Gasteiger partial charge is 0.261 e. The van der Waals surface area contributed by atoms with Gasteiger partial charge >= 0.3 is 0 Å². The Balaban J connectivity index is 2.53. The molecule has 78 valence electrons. The normalized spacial score (nSPS) is 11.5. The molecule has 1 heterocycles. The molecule has 1 aromatic carbocycles. The number of halogens is 1. The molecule has 0 aliphatic heterocycles. The molecular weight excluding hydrogens is 254 g/mol. The topological polar surface area (TPSA) is 47.0 Å². The first-order valence-corrected chi connectivity index (χ1v) is 7.21. The molecular formula is C9H6ClNO2S2. The molecule has 6 heteroatoms. The van der Waals surface area contributed by atoms with Gasteiger partial charge < -0.3 is 0 Å². The maximum absolute atomic E-state index is 11.1. The molecule has 0 amide bonds. The summed E-state index contributed by atoms with van der Waals surface area (Å²) in [5, 5.41) is 2.61. The van der Waals surface area contributed by atoms with E-state index in [1.165, 1.54) is 23.5 Å². The lowest BCUT2D eigenvalue weighted by Crippen LogP contribution is -1.90. The van der Waals surface area contributed by atoms with Crippen molar-refractivity contribution in [3.63, 3.8) is 0 Å². The zero-order valence-corrected chi connectivity index (χ0v) is 9.81. The molecule has 15 heavy (non-hydrogen) atoms. The highest BCUT2D eigenvalue weighted by atomic mass is 35.7. The summed E-state index contributed by atoms with van der Waals surface area (Å²) >= 11 is 1.45. The van der Waals surface area contributed by atoms with E-state index in [1.54, 1.807) is 18.3 Å². The first-order valence-electron chi connectivity index (χ1n) is 4.02. The van der Waals surface area contributed by atoms with Crippen LogP contribution in [0.15, 0.2) is 40.7 Å². The highest BCUT2D eigenvalue weighted by Crippen LogP contribution is 2.25. The summed E-state index contributed by atoms with van der Waals surface area (Å²) in [6.07, 6.45) is 1.67. The fraction of sp³-hybridized carbons (Fsp3) is 0. The van der Waals surface area contributed by atoms with Gasteiger partial charge in [-0.05, 0) is 12.1 Å².